The summed E-state index contributed by atoms with van der Waals surface area (Å²) in [6.07, 6.45) is 4.22. The van der Waals surface area contributed by atoms with Gasteiger partial charge in [0.15, 0.2) is 0 Å². The zero-order valence-electron chi connectivity index (χ0n) is 2.81. The van der Waals surface area contributed by atoms with Crippen LogP contribution in [0.15, 0.2) is 22.1 Å². The van der Waals surface area contributed by atoms with Crippen molar-refractivity contribution >= 4 is 33.8 Å². The zero-order valence-corrected chi connectivity index (χ0v) is 4.91. The summed E-state index contributed by atoms with van der Waals surface area (Å²) in [5.74, 6) is 0. The molecule has 0 aromatic carbocycles. The molecule has 1 heterocycles. The molecule has 0 unspecified atom stereocenters. The zero-order chi connectivity index (χ0) is 3.54. The molecule has 1 aliphatic rings. The second-order valence-electron chi connectivity index (χ2n) is 0.885. The van der Waals surface area contributed by atoms with Crippen molar-refractivity contribution in [2.45, 2.75) is 0 Å². The molecule has 30 valence electrons. The molecule has 6 heavy (non-hydrogen) atoms. The number of hydrogen-bond acceptors (Lipinski definition) is 0. The first kappa shape index (κ1) is 6.60. The van der Waals surface area contributed by atoms with Crippen molar-refractivity contribution in [2.24, 2.45) is 0 Å². The molecule has 0 aromatic rings. The number of hydrogen-bond donors (Lipinski definition) is 0. The molecule has 2 heteroatoms. The molecule has 0 atom stereocenters. The van der Waals surface area contributed by atoms with E-state index in [4.69, 9.17) is 0 Å². The molecule has 1 rings (SSSR count). The molecule has 0 nitrogen and oxygen atoms in total. The first-order valence-corrected chi connectivity index (χ1v) is 4.00. The van der Waals surface area contributed by atoms with Gasteiger partial charge in [0, 0.05) is 0 Å². The maximum absolute atomic E-state index is 2.25. The van der Waals surface area contributed by atoms with E-state index in [2.05, 4.69) is 22.1 Å². The van der Waals surface area contributed by atoms with E-state index in [0.29, 0.717) is 0 Å². The fraction of sp³-hybridized carbons (Fsp3) is 0. The molecule has 0 spiro atoms. The van der Waals surface area contributed by atoms with E-state index < -0.39 is 0 Å². The third-order valence-electron chi connectivity index (χ3n) is 0.496. The van der Waals surface area contributed by atoms with E-state index in [1.807, 2.05) is 0 Å². The molecular weight excluding hydrogens is 134 g/mol. The molecule has 0 amide bonds. The summed E-state index contributed by atoms with van der Waals surface area (Å²) in [7, 11) is 0. The minimum atomic E-state index is 0. The fourth-order valence-electron chi connectivity index (χ4n) is 0.278. The molecule has 0 fully saturated rings. The van der Waals surface area contributed by atoms with Gasteiger partial charge in [-0.15, -0.1) is 0 Å². The summed E-state index contributed by atoms with van der Waals surface area (Å²) in [6.45, 7) is 0. The summed E-state index contributed by atoms with van der Waals surface area (Å²) in [6, 6.07) is 0. The minimum absolute atomic E-state index is 0. The van der Waals surface area contributed by atoms with Crippen molar-refractivity contribution in [1.29, 1.82) is 0 Å². The van der Waals surface area contributed by atoms with Crippen LogP contribution in [0.25, 0.3) is 0 Å². The standard InChI is InChI=1S/C4H6Se.Li.H/c1-2-4-5-3-1;;/h1-4H,5H2;;. The normalized spacial score (nSPS) is 16.0. The van der Waals surface area contributed by atoms with Gasteiger partial charge in [0.2, 0.25) is 0 Å². The van der Waals surface area contributed by atoms with Gasteiger partial charge >= 0.3 is 55.9 Å². The monoisotopic (exact) mass is 142 g/mol. The quantitative estimate of drug-likeness (QED) is 0.401. The van der Waals surface area contributed by atoms with Crippen molar-refractivity contribution < 1.29 is 0 Å². The summed E-state index contributed by atoms with van der Waals surface area (Å²) >= 11 is 0.278. The second-order valence-corrected chi connectivity index (χ2v) is 2.98. The van der Waals surface area contributed by atoms with E-state index in [1.54, 1.807) is 0 Å². The van der Waals surface area contributed by atoms with Gasteiger partial charge in [-0.3, -0.25) is 0 Å². The first-order valence-electron chi connectivity index (χ1n) is 1.58. The molecule has 0 radical (unpaired) electrons. The van der Waals surface area contributed by atoms with Crippen LogP contribution in [0.2, 0.25) is 0 Å². The van der Waals surface area contributed by atoms with Crippen molar-refractivity contribution in [2.75, 3.05) is 0 Å². The van der Waals surface area contributed by atoms with Crippen LogP contribution in [0.1, 0.15) is 0 Å². The Balaban J connectivity index is 0.000000250. The molecular formula is C4H7LiSe. The van der Waals surface area contributed by atoms with Gasteiger partial charge in [-0.2, -0.15) is 0 Å². The third-order valence-corrected chi connectivity index (χ3v) is 2.11. The van der Waals surface area contributed by atoms with Crippen LogP contribution >= 0.6 is 0 Å². The van der Waals surface area contributed by atoms with Crippen LogP contribution in [-0.2, 0) is 0 Å². The van der Waals surface area contributed by atoms with E-state index in [1.165, 1.54) is 0 Å². The van der Waals surface area contributed by atoms with Gasteiger partial charge in [-0.1, -0.05) is 0 Å². The van der Waals surface area contributed by atoms with Crippen LogP contribution < -0.4 is 0 Å². The Morgan fingerprint density at radius 3 is 1.67 bits per heavy atom. The average molecular weight is 141 g/mol. The van der Waals surface area contributed by atoms with Gasteiger partial charge < -0.3 is 0 Å². The molecule has 0 aromatic heterocycles. The molecule has 0 bridgehead atoms. The van der Waals surface area contributed by atoms with Crippen molar-refractivity contribution in [3.8, 4) is 0 Å². The van der Waals surface area contributed by atoms with Crippen LogP contribution in [0.5, 0.6) is 0 Å². The molecule has 0 saturated heterocycles. The topological polar surface area (TPSA) is 0 Å². The summed E-state index contributed by atoms with van der Waals surface area (Å²) < 4.78 is 0. The summed E-state index contributed by atoms with van der Waals surface area (Å²) in [4.78, 5) is 4.50. The van der Waals surface area contributed by atoms with Gasteiger partial charge in [0.1, 0.15) is 0 Å². The van der Waals surface area contributed by atoms with Crippen LogP contribution in [-0.4, -0.2) is 33.8 Å². The van der Waals surface area contributed by atoms with E-state index in [9.17, 15) is 0 Å². The number of allylic oxidation sites excluding steroid dienone is 2. The predicted molar refractivity (Wildman–Crippen MR) is 34.0 cm³/mol. The maximum atomic E-state index is 2.25. The van der Waals surface area contributed by atoms with Crippen LogP contribution in [0, 0.1) is 0 Å². The molecule has 0 saturated carbocycles. The number of rotatable bonds is 0. The Hall–Kier alpha value is 0.597. The fourth-order valence-corrected chi connectivity index (χ4v) is 1.44. The Morgan fingerprint density at radius 2 is 1.50 bits per heavy atom. The van der Waals surface area contributed by atoms with Gasteiger partial charge in [0.05, 0.1) is 0 Å². The van der Waals surface area contributed by atoms with E-state index in [-0.39, 0.29) is 33.8 Å². The van der Waals surface area contributed by atoms with Gasteiger partial charge in [0.25, 0.3) is 0 Å². The van der Waals surface area contributed by atoms with Gasteiger partial charge in [-0.25, -0.2) is 0 Å². The molecule has 1 aliphatic heterocycles. The van der Waals surface area contributed by atoms with Crippen molar-refractivity contribution in [3.05, 3.63) is 22.1 Å². The Labute approximate surface area is 56.0 Å². The van der Waals surface area contributed by atoms with Crippen LogP contribution in [0.4, 0.5) is 0 Å². The van der Waals surface area contributed by atoms with Crippen LogP contribution in [0.3, 0.4) is 0 Å². The van der Waals surface area contributed by atoms with Crippen molar-refractivity contribution in [3.63, 3.8) is 0 Å². The Bertz CT molecular complexity index is 65.6. The first-order chi connectivity index (χ1) is 2.50. The Kier molecular flexibility index (Phi) is 4.15. The second kappa shape index (κ2) is 3.78. The molecule has 0 aliphatic carbocycles. The van der Waals surface area contributed by atoms with Gasteiger partial charge in [-0.05, 0) is 0 Å². The summed E-state index contributed by atoms with van der Waals surface area (Å²) in [5.41, 5.74) is 0. The predicted octanol–water partition coefficient (Wildman–Crippen LogP) is -0.452. The summed E-state index contributed by atoms with van der Waals surface area (Å²) in [5, 5.41) is 0. The average Bonchev–Trinajstić information content (AvgIpc) is 1.76. The SMILES string of the molecule is C1=C[SeH2]C=C1.[LiH]. The Morgan fingerprint density at radius 1 is 1.00 bits per heavy atom. The van der Waals surface area contributed by atoms with E-state index >= 15 is 0 Å². The van der Waals surface area contributed by atoms with Crippen molar-refractivity contribution in [1.82, 2.24) is 0 Å². The third kappa shape index (κ3) is 1.90. The molecule has 0 N–H and O–H groups in total. The van der Waals surface area contributed by atoms with E-state index in [0.717, 1.165) is 0 Å².